The minimum Gasteiger partial charge on any atom is -0.375 e. The molecule has 0 spiro atoms. The van der Waals surface area contributed by atoms with Crippen molar-refractivity contribution in [2.45, 2.75) is 71.1 Å². The Labute approximate surface area is 119 Å². The van der Waals surface area contributed by atoms with E-state index < -0.39 is 0 Å². The molecule has 0 aliphatic carbocycles. The minimum absolute atomic E-state index is 0.526. The summed E-state index contributed by atoms with van der Waals surface area (Å²) in [6.45, 7) is 13.0. The van der Waals surface area contributed by atoms with Crippen LogP contribution in [0.5, 0.6) is 0 Å². The summed E-state index contributed by atoms with van der Waals surface area (Å²) in [5.41, 5.74) is 0. The molecule has 0 radical (unpaired) electrons. The van der Waals surface area contributed by atoms with Gasteiger partial charge < -0.3 is 14.5 Å². The van der Waals surface area contributed by atoms with Gasteiger partial charge in [0.25, 0.3) is 0 Å². The Morgan fingerprint density at radius 3 is 1.95 bits per heavy atom. The van der Waals surface area contributed by atoms with Gasteiger partial charge in [0.2, 0.25) is 0 Å². The lowest BCUT2D eigenvalue weighted by Gasteiger charge is -2.38. The Bertz CT molecular complexity index is 241. The number of hydrogen-bond donors (Lipinski definition) is 0. The van der Waals surface area contributed by atoms with Crippen LogP contribution in [0.3, 0.4) is 0 Å². The Morgan fingerprint density at radius 2 is 1.47 bits per heavy atom. The van der Waals surface area contributed by atoms with E-state index in [-0.39, 0.29) is 0 Å². The van der Waals surface area contributed by atoms with Gasteiger partial charge >= 0.3 is 0 Å². The van der Waals surface area contributed by atoms with Gasteiger partial charge in [0.05, 0.1) is 12.2 Å². The van der Waals surface area contributed by atoms with Crippen molar-refractivity contribution < 1.29 is 4.74 Å². The molecule has 2 rings (SSSR count). The molecule has 2 fully saturated rings. The Balaban J connectivity index is 1.64. The maximum absolute atomic E-state index is 6.33. The number of rotatable bonds is 5. The molecule has 0 bridgehead atoms. The average molecular weight is 268 g/mol. The molecule has 0 aromatic heterocycles. The highest BCUT2D eigenvalue weighted by Gasteiger charge is 2.26. The first-order valence-corrected chi connectivity index (χ1v) is 8.31. The van der Waals surface area contributed by atoms with Gasteiger partial charge in [-0.1, -0.05) is 6.92 Å². The van der Waals surface area contributed by atoms with Crippen LogP contribution in [-0.2, 0) is 4.74 Å². The Morgan fingerprint density at radius 1 is 0.947 bits per heavy atom. The summed E-state index contributed by atoms with van der Waals surface area (Å²) in [6.07, 6.45) is 7.27. The average Bonchev–Trinajstić information content (AvgIpc) is 2.42. The number of hydrogen-bond acceptors (Lipinski definition) is 3. The van der Waals surface area contributed by atoms with E-state index in [1.807, 2.05) is 0 Å². The maximum atomic E-state index is 6.33. The number of piperidine rings is 2. The molecule has 0 atom stereocenters. The van der Waals surface area contributed by atoms with E-state index in [2.05, 4.69) is 30.6 Å². The number of nitrogens with zero attached hydrogens (tertiary/aromatic N) is 2. The van der Waals surface area contributed by atoms with E-state index in [0.29, 0.717) is 18.2 Å². The van der Waals surface area contributed by atoms with Crippen molar-refractivity contribution in [1.82, 2.24) is 9.80 Å². The fourth-order valence-corrected chi connectivity index (χ4v) is 3.39. The second kappa shape index (κ2) is 7.61. The standard InChI is InChI=1S/C16H32N2O/c1-4-9-17-10-5-15(6-11-17)19-16-7-12-18(13-8-16)14(2)3/h14-16H,4-13H2,1-3H3. The quantitative estimate of drug-likeness (QED) is 0.762. The van der Waals surface area contributed by atoms with Crippen molar-refractivity contribution >= 4 is 0 Å². The van der Waals surface area contributed by atoms with Crippen molar-refractivity contribution in [3.63, 3.8) is 0 Å². The third-order valence-electron chi connectivity index (χ3n) is 4.67. The van der Waals surface area contributed by atoms with Gasteiger partial charge in [-0.05, 0) is 52.5 Å². The summed E-state index contributed by atoms with van der Waals surface area (Å²) < 4.78 is 6.33. The SMILES string of the molecule is CCCN1CCC(OC2CCN(C(C)C)CC2)CC1. The van der Waals surface area contributed by atoms with E-state index in [4.69, 9.17) is 4.74 Å². The van der Waals surface area contributed by atoms with E-state index in [1.54, 1.807) is 0 Å². The van der Waals surface area contributed by atoms with Gasteiger partial charge in [-0.15, -0.1) is 0 Å². The topological polar surface area (TPSA) is 15.7 Å². The highest BCUT2D eigenvalue weighted by molar-refractivity contribution is 4.78. The molecule has 19 heavy (non-hydrogen) atoms. The van der Waals surface area contributed by atoms with Crippen LogP contribution in [0.2, 0.25) is 0 Å². The summed E-state index contributed by atoms with van der Waals surface area (Å²) in [5.74, 6) is 0. The van der Waals surface area contributed by atoms with Gasteiger partial charge in [0, 0.05) is 32.2 Å². The summed E-state index contributed by atoms with van der Waals surface area (Å²) in [4.78, 5) is 5.16. The highest BCUT2D eigenvalue weighted by Crippen LogP contribution is 2.21. The fourth-order valence-electron chi connectivity index (χ4n) is 3.39. The molecule has 0 aromatic rings. The van der Waals surface area contributed by atoms with Crippen LogP contribution in [0, 0.1) is 0 Å². The normalized spacial score (nSPS) is 25.3. The summed E-state index contributed by atoms with van der Waals surface area (Å²) in [6, 6.07) is 0.693. The largest absolute Gasteiger partial charge is 0.375 e. The van der Waals surface area contributed by atoms with E-state index in [9.17, 15) is 0 Å². The molecule has 2 saturated heterocycles. The van der Waals surface area contributed by atoms with Crippen molar-refractivity contribution in [2.24, 2.45) is 0 Å². The van der Waals surface area contributed by atoms with Crippen molar-refractivity contribution in [3.05, 3.63) is 0 Å². The predicted molar refractivity (Wildman–Crippen MR) is 80.6 cm³/mol. The second-order valence-corrected chi connectivity index (χ2v) is 6.51. The molecule has 3 nitrogen and oxygen atoms in total. The number of likely N-dealkylation sites (tertiary alicyclic amines) is 2. The summed E-state index contributed by atoms with van der Waals surface area (Å²) in [7, 11) is 0. The van der Waals surface area contributed by atoms with Gasteiger partial charge in [-0.3, -0.25) is 0 Å². The molecule has 2 aliphatic rings. The molecule has 0 aromatic carbocycles. The smallest absolute Gasteiger partial charge is 0.0603 e. The predicted octanol–water partition coefficient (Wildman–Crippen LogP) is 2.75. The Kier molecular flexibility index (Phi) is 6.11. The second-order valence-electron chi connectivity index (χ2n) is 6.51. The number of ether oxygens (including phenoxy) is 1. The molecular formula is C16H32N2O. The van der Waals surface area contributed by atoms with Gasteiger partial charge in [0.15, 0.2) is 0 Å². The van der Waals surface area contributed by atoms with Gasteiger partial charge in [0.1, 0.15) is 0 Å². The van der Waals surface area contributed by atoms with E-state index in [0.717, 1.165) is 0 Å². The molecule has 3 heteroatoms. The van der Waals surface area contributed by atoms with Gasteiger partial charge in [-0.25, -0.2) is 0 Å². The molecule has 0 N–H and O–H groups in total. The first-order valence-electron chi connectivity index (χ1n) is 8.31. The minimum atomic E-state index is 0.526. The van der Waals surface area contributed by atoms with Crippen molar-refractivity contribution in [3.8, 4) is 0 Å². The maximum Gasteiger partial charge on any atom is 0.0603 e. The van der Waals surface area contributed by atoms with Crippen LogP contribution < -0.4 is 0 Å². The third-order valence-corrected chi connectivity index (χ3v) is 4.67. The van der Waals surface area contributed by atoms with Crippen LogP contribution >= 0.6 is 0 Å². The van der Waals surface area contributed by atoms with Crippen molar-refractivity contribution in [1.29, 1.82) is 0 Å². The van der Waals surface area contributed by atoms with Gasteiger partial charge in [-0.2, -0.15) is 0 Å². The molecule has 0 saturated carbocycles. The summed E-state index contributed by atoms with van der Waals surface area (Å²) in [5, 5.41) is 0. The lowest BCUT2D eigenvalue weighted by Crippen LogP contribution is -2.43. The lowest BCUT2D eigenvalue weighted by atomic mass is 10.0. The van der Waals surface area contributed by atoms with Crippen molar-refractivity contribution in [2.75, 3.05) is 32.7 Å². The lowest BCUT2D eigenvalue weighted by molar-refractivity contribution is -0.0673. The molecular weight excluding hydrogens is 236 g/mol. The highest BCUT2D eigenvalue weighted by atomic mass is 16.5. The van der Waals surface area contributed by atoms with Crippen LogP contribution in [0.25, 0.3) is 0 Å². The third kappa shape index (κ3) is 4.73. The molecule has 112 valence electrons. The van der Waals surface area contributed by atoms with E-state index in [1.165, 1.54) is 64.8 Å². The zero-order chi connectivity index (χ0) is 13.7. The molecule has 0 unspecified atom stereocenters. The molecule has 2 heterocycles. The zero-order valence-corrected chi connectivity index (χ0v) is 13.1. The zero-order valence-electron chi connectivity index (χ0n) is 13.1. The monoisotopic (exact) mass is 268 g/mol. The van der Waals surface area contributed by atoms with Crippen LogP contribution in [0.1, 0.15) is 52.9 Å². The van der Waals surface area contributed by atoms with Crippen LogP contribution in [0.15, 0.2) is 0 Å². The molecule has 2 aliphatic heterocycles. The molecule has 0 amide bonds. The fraction of sp³-hybridized carbons (Fsp3) is 1.00. The summed E-state index contributed by atoms with van der Waals surface area (Å²) >= 11 is 0. The van der Waals surface area contributed by atoms with Crippen LogP contribution in [-0.4, -0.2) is 60.8 Å². The first kappa shape index (κ1) is 15.3. The first-order chi connectivity index (χ1) is 9.19. The van der Waals surface area contributed by atoms with E-state index >= 15 is 0 Å². The van der Waals surface area contributed by atoms with Crippen LogP contribution in [0.4, 0.5) is 0 Å². The Hall–Kier alpha value is -0.120.